The minimum atomic E-state index is -3.05. The van der Waals surface area contributed by atoms with Crippen molar-refractivity contribution in [3.63, 3.8) is 0 Å². The summed E-state index contributed by atoms with van der Waals surface area (Å²) in [4.78, 5) is 12.4. The Hall–Kier alpha value is -2.68. The fourth-order valence-electron chi connectivity index (χ4n) is 3.79. The van der Waals surface area contributed by atoms with Crippen LogP contribution in [-0.4, -0.2) is 36.0 Å². The highest BCUT2D eigenvalue weighted by molar-refractivity contribution is 9.10. The van der Waals surface area contributed by atoms with Crippen LogP contribution in [-0.2, 0) is 7.05 Å². The molecule has 1 unspecified atom stereocenters. The number of aromatic nitrogens is 2. The lowest BCUT2D eigenvalue weighted by Crippen LogP contribution is -2.34. The highest BCUT2D eigenvalue weighted by Crippen LogP contribution is 2.41. The molecule has 0 bridgehead atoms. The molecule has 2 heterocycles. The molecule has 0 radical (unpaired) electrons. The van der Waals surface area contributed by atoms with Crippen LogP contribution in [0.2, 0.25) is 0 Å². The lowest BCUT2D eigenvalue weighted by molar-refractivity contribution is -0.0502. The molecule has 1 amide bonds. The largest absolute Gasteiger partial charge is 0.496 e. The summed E-state index contributed by atoms with van der Waals surface area (Å²) >= 11 is 3.44. The zero-order valence-corrected chi connectivity index (χ0v) is 17.5. The Labute approximate surface area is 173 Å². The van der Waals surface area contributed by atoms with Crippen LogP contribution >= 0.6 is 15.9 Å². The first-order valence-electron chi connectivity index (χ1n) is 8.91. The number of hydrogen-bond donors (Lipinski definition) is 1. The maximum atomic E-state index is 13.1. The van der Waals surface area contributed by atoms with Gasteiger partial charge in [-0.15, -0.1) is 0 Å². The van der Waals surface area contributed by atoms with Gasteiger partial charge in [0.15, 0.2) is 0 Å². The van der Waals surface area contributed by atoms with Crippen LogP contribution in [0.4, 0.5) is 8.78 Å². The summed E-state index contributed by atoms with van der Waals surface area (Å²) in [5.41, 5.74) is 2.80. The third kappa shape index (κ3) is 3.33. The number of methoxy groups -OCH3 is 1. The van der Waals surface area contributed by atoms with Gasteiger partial charge in [-0.05, 0) is 35.7 Å². The van der Waals surface area contributed by atoms with Gasteiger partial charge in [0.05, 0.1) is 29.3 Å². The predicted octanol–water partition coefficient (Wildman–Crippen LogP) is 4.46. The molecule has 1 atom stereocenters. The zero-order chi connectivity index (χ0) is 20.9. The van der Waals surface area contributed by atoms with Crippen LogP contribution in [0, 0.1) is 0 Å². The minimum Gasteiger partial charge on any atom is -0.496 e. The van der Waals surface area contributed by atoms with Crippen molar-refractivity contribution >= 4 is 32.7 Å². The number of ether oxygens (including phenoxy) is 2. The van der Waals surface area contributed by atoms with E-state index >= 15 is 0 Å². The lowest BCUT2D eigenvalue weighted by Gasteiger charge is -2.25. The summed E-state index contributed by atoms with van der Waals surface area (Å²) in [5.74, 6) is -0.0332. The molecule has 9 heteroatoms. The van der Waals surface area contributed by atoms with Crippen molar-refractivity contribution in [3.05, 3.63) is 39.9 Å². The SMILES string of the molecule is COc1cc(Br)cc2nn(C)c(-c3cc(OC(F)F)c4c(c3)C(C)CNC4=O)c12. The van der Waals surface area contributed by atoms with Gasteiger partial charge in [0.2, 0.25) is 0 Å². The Bertz CT molecular complexity index is 1130. The summed E-state index contributed by atoms with van der Waals surface area (Å²) < 4.78 is 38.9. The van der Waals surface area contributed by atoms with Gasteiger partial charge in [-0.3, -0.25) is 9.48 Å². The van der Waals surface area contributed by atoms with Crippen molar-refractivity contribution < 1.29 is 23.0 Å². The van der Waals surface area contributed by atoms with E-state index in [0.29, 0.717) is 34.6 Å². The normalized spacial score (nSPS) is 16.1. The average molecular weight is 466 g/mol. The van der Waals surface area contributed by atoms with Crippen LogP contribution in [0.25, 0.3) is 22.2 Å². The first kappa shape index (κ1) is 19.6. The number of fused-ring (bicyclic) bond motifs is 2. The fraction of sp³-hybridized carbons (Fsp3) is 0.300. The van der Waals surface area contributed by atoms with Crippen LogP contribution in [0.3, 0.4) is 0 Å². The fourth-order valence-corrected chi connectivity index (χ4v) is 4.21. The molecule has 1 N–H and O–H groups in total. The Kier molecular flexibility index (Phi) is 4.94. The van der Waals surface area contributed by atoms with E-state index in [4.69, 9.17) is 9.47 Å². The zero-order valence-electron chi connectivity index (χ0n) is 15.9. The third-order valence-corrected chi connectivity index (χ3v) is 5.49. The molecular weight excluding hydrogens is 448 g/mol. The van der Waals surface area contributed by atoms with Gasteiger partial charge in [0.1, 0.15) is 11.5 Å². The van der Waals surface area contributed by atoms with E-state index in [1.54, 1.807) is 18.8 Å². The molecule has 1 aromatic heterocycles. The number of nitrogens with zero attached hydrogens (tertiary/aromatic N) is 2. The van der Waals surface area contributed by atoms with Crippen molar-refractivity contribution in [2.45, 2.75) is 19.5 Å². The van der Waals surface area contributed by atoms with Crippen LogP contribution in [0.1, 0.15) is 28.8 Å². The highest BCUT2D eigenvalue weighted by atomic mass is 79.9. The molecule has 3 aromatic rings. The number of hydrogen-bond acceptors (Lipinski definition) is 4. The number of benzene rings is 2. The van der Waals surface area contributed by atoms with Crippen LogP contribution in [0.5, 0.6) is 11.5 Å². The summed E-state index contributed by atoms with van der Waals surface area (Å²) in [6.07, 6.45) is 0. The molecule has 152 valence electrons. The molecule has 0 saturated carbocycles. The smallest absolute Gasteiger partial charge is 0.387 e. The van der Waals surface area contributed by atoms with E-state index < -0.39 is 12.5 Å². The standard InChI is InChI=1S/C20H18BrF2N3O3/c1-9-8-24-19(27)16-12(9)4-10(5-15(16)29-20(22)23)18-17-13(25-26(18)2)6-11(21)7-14(17)28-3/h4-7,9,20H,8H2,1-3H3,(H,24,27). The van der Waals surface area contributed by atoms with Crippen molar-refractivity contribution in [2.75, 3.05) is 13.7 Å². The summed E-state index contributed by atoms with van der Waals surface area (Å²) in [7, 11) is 3.33. The second-order valence-corrected chi connectivity index (χ2v) is 7.82. The number of halogens is 3. The summed E-state index contributed by atoms with van der Waals surface area (Å²) in [6.45, 7) is -0.702. The van der Waals surface area contributed by atoms with Gasteiger partial charge >= 0.3 is 6.61 Å². The van der Waals surface area contributed by atoms with E-state index in [0.717, 1.165) is 9.86 Å². The molecule has 0 saturated heterocycles. The highest BCUT2D eigenvalue weighted by Gasteiger charge is 2.29. The number of aryl methyl sites for hydroxylation is 1. The molecular formula is C20H18BrF2N3O3. The Morgan fingerprint density at radius 2 is 2.03 bits per heavy atom. The van der Waals surface area contributed by atoms with Gasteiger partial charge in [0, 0.05) is 23.6 Å². The number of alkyl halides is 2. The quantitative estimate of drug-likeness (QED) is 0.617. The Morgan fingerprint density at radius 1 is 1.28 bits per heavy atom. The molecule has 0 spiro atoms. The summed E-state index contributed by atoms with van der Waals surface area (Å²) in [5, 5.41) is 7.99. The first-order valence-corrected chi connectivity index (χ1v) is 9.71. The van der Waals surface area contributed by atoms with E-state index in [1.807, 2.05) is 25.1 Å². The number of carbonyl (C=O) groups is 1. The van der Waals surface area contributed by atoms with Gasteiger partial charge in [0.25, 0.3) is 5.91 Å². The molecule has 6 nitrogen and oxygen atoms in total. The number of carbonyl (C=O) groups excluding carboxylic acids is 1. The second kappa shape index (κ2) is 7.29. The molecule has 4 rings (SSSR count). The Morgan fingerprint density at radius 3 is 2.72 bits per heavy atom. The summed E-state index contributed by atoms with van der Waals surface area (Å²) in [6, 6.07) is 6.97. The van der Waals surface area contributed by atoms with Gasteiger partial charge < -0.3 is 14.8 Å². The first-order chi connectivity index (χ1) is 13.8. The van der Waals surface area contributed by atoms with Crippen molar-refractivity contribution in [2.24, 2.45) is 7.05 Å². The van der Waals surface area contributed by atoms with Gasteiger partial charge in [-0.2, -0.15) is 13.9 Å². The molecule has 29 heavy (non-hydrogen) atoms. The molecule has 1 aliphatic rings. The van der Waals surface area contributed by atoms with Gasteiger partial charge in [-0.1, -0.05) is 22.9 Å². The average Bonchev–Trinajstić information content (AvgIpc) is 2.98. The maximum Gasteiger partial charge on any atom is 0.387 e. The molecule has 0 aliphatic carbocycles. The number of nitrogens with one attached hydrogen (secondary N) is 1. The number of amides is 1. The third-order valence-electron chi connectivity index (χ3n) is 5.03. The predicted molar refractivity (Wildman–Crippen MR) is 108 cm³/mol. The van der Waals surface area contributed by atoms with E-state index in [2.05, 4.69) is 26.3 Å². The van der Waals surface area contributed by atoms with E-state index in [9.17, 15) is 13.6 Å². The topological polar surface area (TPSA) is 65.4 Å². The van der Waals surface area contributed by atoms with Crippen molar-refractivity contribution in [1.82, 2.24) is 15.1 Å². The van der Waals surface area contributed by atoms with Crippen molar-refractivity contribution in [3.8, 4) is 22.8 Å². The molecule has 2 aromatic carbocycles. The van der Waals surface area contributed by atoms with Crippen molar-refractivity contribution in [1.29, 1.82) is 0 Å². The van der Waals surface area contributed by atoms with Gasteiger partial charge in [-0.25, -0.2) is 0 Å². The molecule has 0 fully saturated rings. The number of rotatable bonds is 4. The maximum absolute atomic E-state index is 13.1. The Balaban J connectivity index is 2.03. The monoisotopic (exact) mass is 465 g/mol. The van der Waals surface area contributed by atoms with E-state index in [1.165, 1.54) is 6.07 Å². The minimum absolute atomic E-state index is 0.0572. The lowest BCUT2D eigenvalue weighted by atomic mass is 9.88. The van der Waals surface area contributed by atoms with E-state index in [-0.39, 0.29) is 17.2 Å². The van der Waals surface area contributed by atoms with Crippen LogP contribution in [0.15, 0.2) is 28.7 Å². The second-order valence-electron chi connectivity index (χ2n) is 6.90. The molecule has 1 aliphatic heterocycles. The van der Waals surface area contributed by atoms with Crippen LogP contribution < -0.4 is 14.8 Å².